The van der Waals surface area contributed by atoms with Gasteiger partial charge in [-0.05, 0) is 11.4 Å². The van der Waals surface area contributed by atoms with Gasteiger partial charge in [-0.1, -0.05) is 6.07 Å². The molecule has 2 rings (SSSR count). The van der Waals surface area contributed by atoms with Crippen molar-refractivity contribution in [3.8, 4) is 10.7 Å². The Kier molecular flexibility index (Phi) is 4.03. The van der Waals surface area contributed by atoms with Gasteiger partial charge >= 0.3 is 0 Å². The van der Waals surface area contributed by atoms with Gasteiger partial charge in [0.1, 0.15) is 6.61 Å². The maximum absolute atomic E-state index is 5.34. The Bertz CT molecular complexity index is 413. The molecular formula is C10H13N3O2S. The van der Waals surface area contributed by atoms with Crippen LogP contribution in [0, 0.1) is 0 Å². The Morgan fingerprint density at radius 1 is 1.44 bits per heavy atom. The molecule has 0 aliphatic carbocycles. The number of thiophene rings is 1. The fourth-order valence-electron chi connectivity index (χ4n) is 1.19. The summed E-state index contributed by atoms with van der Waals surface area (Å²) in [6, 6.07) is 3.97. The van der Waals surface area contributed by atoms with Crippen LogP contribution in [0.5, 0.6) is 0 Å². The number of nitrogens with zero attached hydrogens (tertiary/aromatic N) is 2. The van der Waals surface area contributed by atoms with E-state index in [-0.39, 0.29) is 0 Å². The smallest absolute Gasteiger partial charge is 0.191 e. The van der Waals surface area contributed by atoms with Crippen LogP contribution in [-0.2, 0) is 16.1 Å². The highest BCUT2D eigenvalue weighted by molar-refractivity contribution is 7.13. The molecule has 86 valence electrons. The highest BCUT2D eigenvalue weighted by Crippen LogP contribution is 2.20. The molecule has 0 bridgehead atoms. The summed E-state index contributed by atoms with van der Waals surface area (Å²) in [7, 11) is 1.65. The van der Waals surface area contributed by atoms with Gasteiger partial charge in [0.05, 0.1) is 18.1 Å². The molecule has 2 aromatic heterocycles. The first-order chi connectivity index (χ1) is 7.90. The Morgan fingerprint density at radius 2 is 2.38 bits per heavy atom. The predicted molar refractivity (Wildman–Crippen MR) is 61.2 cm³/mol. The van der Waals surface area contributed by atoms with Gasteiger partial charge < -0.3 is 9.47 Å². The molecule has 2 heterocycles. The van der Waals surface area contributed by atoms with Crippen molar-refractivity contribution in [2.75, 3.05) is 20.3 Å². The van der Waals surface area contributed by atoms with Crippen LogP contribution in [0.2, 0.25) is 0 Å². The average molecular weight is 239 g/mol. The number of nitrogens with one attached hydrogen (secondary N) is 1. The minimum atomic E-state index is 0.432. The van der Waals surface area contributed by atoms with E-state index >= 15 is 0 Å². The lowest BCUT2D eigenvalue weighted by atomic mass is 10.4. The molecule has 0 saturated heterocycles. The van der Waals surface area contributed by atoms with Crippen molar-refractivity contribution >= 4 is 11.3 Å². The Morgan fingerprint density at radius 3 is 3.12 bits per heavy atom. The van der Waals surface area contributed by atoms with Crippen molar-refractivity contribution < 1.29 is 9.47 Å². The van der Waals surface area contributed by atoms with Gasteiger partial charge in [0.15, 0.2) is 11.6 Å². The summed E-state index contributed by atoms with van der Waals surface area (Å²) < 4.78 is 10.2. The van der Waals surface area contributed by atoms with Crippen LogP contribution in [0.3, 0.4) is 0 Å². The summed E-state index contributed by atoms with van der Waals surface area (Å²) in [5, 5.41) is 8.97. The monoisotopic (exact) mass is 239 g/mol. The molecule has 5 nitrogen and oxygen atoms in total. The highest BCUT2D eigenvalue weighted by Gasteiger charge is 2.06. The largest absolute Gasteiger partial charge is 0.382 e. The zero-order chi connectivity index (χ0) is 11.2. The first-order valence-electron chi connectivity index (χ1n) is 4.92. The van der Waals surface area contributed by atoms with E-state index in [2.05, 4.69) is 15.2 Å². The molecule has 0 atom stereocenters. The number of hydrogen-bond donors (Lipinski definition) is 1. The van der Waals surface area contributed by atoms with Crippen molar-refractivity contribution in [3.05, 3.63) is 23.3 Å². The molecule has 0 aliphatic heterocycles. The van der Waals surface area contributed by atoms with Gasteiger partial charge in [-0.3, -0.25) is 5.10 Å². The van der Waals surface area contributed by atoms with Crippen LogP contribution < -0.4 is 0 Å². The van der Waals surface area contributed by atoms with E-state index in [1.807, 2.05) is 17.5 Å². The van der Waals surface area contributed by atoms with E-state index in [1.54, 1.807) is 18.4 Å². The van der Waals surface area contributed by atoms with Crippen molar-refractivity contribution in [1.82, 2.24) is 15.2 Å². The molecule has 6 heteroatoms. The van der Waals surface area contributed by atoms with E-state index in [0.717, 1.165) is 16.5 Å². The average Bonchev–Trinajstić information content (AvgIpc) is 2.94. The van der Waals surface area contributed by atoms with Crippen molar-refractivity contribution in [3.63, 3.8) is 0 Å². The summed E-state index contributed by atoms with van der Waals surface area (Å²) in [5.41, 5.74) is 0. The Balaban J connectivity index is 1.88. The van der Waals surface area contributed by atoms with Gasteiger partial charge in [-0.2, -0.15) is 5.10 Å². The van der Waals surface area contributed by atoms with Crippen LogP contribution in [0.15, 0.2) is 17.5 Å². The molecule has 0 unspecified atom stereocenters. The number of H-pyrrole nitrogens is 1. The van der Waals surface area contributed by atoms with E-state index in [1.165, 1.54) is 0 Å². The SMILES string of the molecule is COCCOCc1nc(-c2cccs2)n[nH]1. The molecule has 0 aliphatic rings. The first-order valence-corrected chi connectivity index (χ1v) is 5.80. The molecular weight excluding hydrogens is 226 g/mol. The second-order valence-electron chi connectivity index (χ2n) is 3.13. The summed E-state index contributed by atoms with van der Waals surface area (Å²) in [6.45, 7) is 1.58. The van der Waals surface area contributed by atoms with Crippen molar-refractivity contribution in [2.24, 2.45) is 0 Å². The first kappa shape index (κ1) is 11.3. The lowest BCUT2D eigenvalue weighted by Crippen LogP contribution is -2.02. The molecule has 0 aromatic carbocycles. The summed E-state index contributed by atoms with van der Waals surface area (Å²) in [4.78, 5) is 5.38. The summed E-state index contributed by atoms with van der Waals surface area (Å²) in [6.07, 6.45) is 0. The maximum atomic E-state index is 5.34. The Labute approximate surface area is 97.4 Å². The normalized spacial score (nSPS) is 10.8. The van der Waals surface area contributed by atoms with Crippen molar-refractivity contribution in [2.45, 2.75) is 6.61 Å². The topological polar surface area (TPSA) is 60.0 Å². The number of rotatable bonds is 6. The quantitative estimate of drug-likeness (QED) is 0.779. The minimum Gasteiger partial charge on any atom is -0.382 e. The molecule has 0 amide bonds. The molecule has 0 fully saturated rings. The summed E-state index contributed by atoms with van der Waals surface area (Å²) >= 11 is 1.62. The molecule has 1 N–H and O–H groups in total. The summed E-state index contributed by atoms with van der Waals surface area (Å²) in [5.74, 6) is 1.46. The third-order valence-corrected chi connectivity index (χ3v) is 2.81. The molecule has 0 spiro atoms. The highest BCUT2D eigenvalue weighted by atomic mass is 32.1. The standard InChI is InChI=1S/C10H13N3O2S/c1-14-4-5-15-7-9-11-10(13-12-9)8-3-2-6-16-8/h2-3,6H,4-5,7H2,1H3,(H,11,12,13). The minimum absolute atomic E-state index is 0.432. The lowest BCUT2D eigenvalue weighted by molar-refractivity contribution is 0.0587. The number of ether oxygens (including phenoxy) is 2. The van der Waals surface area contributed by atoms with E-state index in [9.17, 15) is 0 Å². The van der Waals surface area contributed by atoms with Gasteiger partial charge in [0, 0.05) is 7.11 Å². The molecule has 2 aromatic rings. The zero-order valence-electron chi connectivity index (χ0n) is 8.97. The van der Waals surface area contributed by atoms with Crippen LogP contribution in [0.1, 0.15) is 5.82 Å². The molecule has 0 saturated carbocycles. The predicted octanol–water partition coefficient (Wildman–Crippen LogP) is 1.70. The third-order valence-electron chi connectivity index (χ3n) is 1.94. The van der Waals surface area contributed by atoms with Crippen LogP contribution in [0.4, 0.5) is 0 Å². The number of aromatic nitrogens is 3. The van der Waals surface area contributed by atoms with Gasteiger partial charge in [-0.15, -0.1) is 11.3 Å². The Hall–Kier alpha value is -1.24. The van der Waals surface area contributed by atoms with Crippen LogP contribution >= 0.6 is 11.3 Å². The molecule has 16 heavy (non-hydrogen) atoms. The van der Waals surface area contributed by atoms with Gasteiger partial charge in [0.25, 0.3) is 0 Å². The number of methoxy groups -OCH3 is 1. The fraction of sp³-hybridized carbons (Fsp3) is 0.400. The van der Waals surface area contributed by atoms with E-state index in [0.29, 0.717) is 19.8 Å². The molecule has 0 radical (unpaired) electrons. The second kappa shape index (κ2) is 5.74. The number of aromatic amines is 1. The fourth-order valence-corrected chi connectivity index (χ4v) is 1.84. The van der Waals surface area contributed by atoms with Crippen LogP contribution in [-0.4, -0.2) is 35.5 Å². The zero-order valence-corrected chi connectivity index (χ0v) is 9.79. The van der Waals surface area contributed by atoms with E-state index in [4.69, 9.17) is 9.47 Å². The number of hydrogen-bond acceptors (Lipinski definition) is 5. The van der Waals surface area contributed by atoms with Crippen molar-refractivity contribution in [1.29, 1.82) is 0 Å². The van der Waals surface area contributed by atoms with E-state index < -0.39 is 0 Å². The van der Waals surface area contributed by atoms with Gasteiger partial charge in [-0.25, -0.2) is 4.98 Å². The lowest BCUT2D eigenvalue weighted by Gasteiger charge is -1.99. The second-order valence-corrected chi connectivity index (χ2v) is 4.08. The third kappa shape index (κ3) is 2.88. The van der Waals surface area contributed by atoms with Gasteiger partial charge in [0.2, 0.25) is 0 Å². The van der Waals surface area contributed by atoms with Crippen LogP contribution in [0.25, 0.3) is 10.7 Å². The maximum Gasteiger partial charge on any atom is 0.191 e.